The maximum absolute atomic E-state index is 9.50. The minimum atomic E-state index is 0.203. The van der Waals surface area contributed by atoms with E-state index in [1.165, 1.54) is 5.56 Å². The highest BCUT2D eigenvalue weighted by atomic mass is 16.3. The number of rotatable bonds is 6. The number of aromatic nitrogens is 2. The molecule has 0 bridgehead atoms. The molecule has 0 spiro atoms. The van der Waals surface area contributed by atoms with Crippen molar-refractivity contribution in [2.24, 2.45) is 0 Å². The average molecular weight is 341 g/mol. The molecule has 6 nitrogen and oxygen atoms in total. The van der Waals surface area contributed by atoms with E-state index in [1.807, 2.05) is 26.1 Å². The third-order valence-corrected chi connectivity index (χ3v) is 4.68. The number of hydrogen-bond donors (Lipinski definition) is 2. The van der Waals surface area contributed by atoms with Gasteiger partial charge in [-0.15, -0.1) is 0 Å². The van der Waals surface area contributed by atoms with E-state index < -0.39 is 0 Å². The number of aliphatic hydroxyl groups excluding tert-OH is 1. The van der Waals surface area contributed by atoms with Crippen LogP contribution in [0.1, 0.15) is 17.7 Å². The lowest BCUT2D eigenvalue weighted by atomic mass is 10.1. The predicted octanol–water partition coefficient (Wildman–Crippen LogP) is 1.90. The van der Waals surface area contributed by atoms with Gasteiger partial charge in [-0.2, -0.15) is 4.98 Å². The van der Waals surface area contributed by atoms with Crippen LogP contribution in [0.4, 0.5) is 11.8 Å². The van der Waals surface area contributed by atoms with Gasteiger partial charge in [0, 0.05) is 57.6 Å². The maximum atomic E-state index is 9.50. The lowest BCUT2D eigenvalue weighted by Gasteiger charge is -2.42. The topological polar surface area (TPSA) is 64.5 Å². The molecule has 2 aromatic rings. The first-order valence-electron chi connectivity index (χ1n) is 8.87. The van der Waals surface area contributed by atoms with E-state index in [-0.39, 0.29) is 6.61 Å². The number of aliphatic hydroxyl groups is 1. The van der Waals surface area contributed by atoms with Crippen LogP contribution in [0.25, 0.3) is 0 Å². The highest BCUT2D eigenvalue weighted by molar-refractivity contribution is 5.45. The van der Waals surface area contributed by atoms with Gasteiger partial charge in [0.25, 0.3) is 0 Å². The predicted molar refractivity (Wildman–Crippen MR) is 101 cm³/mol. The van der Waals surface area contributed by atoms with Crippen molar-refractivity contribution in [1.29, 1.82) is 0 Å². The lowest BCUT2D eigenvalue weighted by molar-refractivity contribution is 0.135. The van der Waals surface area contributed by atoms with Crippen LogP contribution in [0, 0.1) is 6.92 Å². The van der Waals surface area contributed by atoms with E-state index in [0.29, 0.717) is 12.0 Å². The van der Waals surface area contributed by atoms with E-state index in [0.717, 1.165) is 44.1 Å². The van der Waals surface area contributed by atoms with Crippen molar-refractivity contribution in [1.82, 2.24) is 14.9 Å². The second kappa shape index (κ2) is 8.27. The summed E-state index contributed by atoms with van der Waals surface area (Å²) in [5, 5.41) is 12.5. The molecule has 1 saturated heterocycles. The third kappa shape index (κ3) is 4.46. The van der Waals surface area contributed by atoms with Crippen LogP contribution >= 0.6 is 0 Å². The second-order valence-electron chi connectivity index (χ2n) is 6.51. The van der Waals surface area contributed by atoms with Crippen molar-refractivity contribution in [2.45, 2.75) is 25.9 Å². The molecule has 3 rings (SSSR count). The van der Waals surface area contributed by atoms with Gasteiger partial charge in [0.05, 0.1) is 0 Å². The van der Waals surface area contributed by atoms with Crippen LogP contribution in [0.3, 0.4) is 0 Å². The Labute approximate surface area is 149 Å². The van der Waals surface area contributed by atoms with Gasteiger partial charge in [0.2, 0.25) is 5.95 Å². The summed E-state index contributed by atoms with van der Waals surface area (Å²) in [6, 6.07) is 12.9. The molecule has 6 heteroatoms. The van der Waals surface area contributed by atoms with Crippen LogP contribution < -0.4 is 10.2 Å². The van der Waals surface area contributed by atoms with Crippen molar-refractivity contribution in [3.05, 3.63) is 47.7 Å². The minimum Gasteiger partial charge on any atom is -0.396 e. The third-order valence-electron chi connectivity index (χ3n) is 4.68. The van der Waals surface area contributed by atoms with Crippen LogP contribution in [0.5, 0.6) is 0 Å². The zero-order chi connectivity index (χ0) is 17.6. The van der Waals surface area contributed by atoms with Gasteiger partial charge < -0.3 is 15.3 Å². The first-order valence-corrected chi connectivity index (χ1v) is 8.87. The number of aryl methyl sites for hydroxylation is 1. The first kappa shape index (κ1) is 17.6. The molecule has 0 amide bonds. The SMILES string of the molecule is CNc1nc(C)cc(N2CCN(Cc3ccccc3)[C@@H](CCO)C2)n1. The number of nitrogens with zero attached hydrogens (tertiary/aromatic N) is 4. The Morgan fingerprint density at radius 3 is 2.72 bits per heavy atom. The van der Waals surface area contributed by atoms with E-state index in [2.05, 4.69) is 49.4 Å². The van der Waals surface area contributed by atoms with Gasteiger partial charge in [-0.1, -0.05) is 30.3 Å². The Morgan fingerprint density at radius 1 is 1.20 bits per heavy atom. The molecule has 1 fully saturated rings. The van der Waals surface area contributed by atoms with Crippen LogP contribution in [0.2, 0.25) is 0 Å². The molecular formula is C19H27N5O. The van der Waals surface area contributed by atoms with E-state index >= 15 is 0 Å². The highest BCUT2D eigenvalue weighted by Crippen LogP contribution is 2.22. The molecule has 1 aliphatic rings. The van der Waals surface area contributed by atoms with Crippen molar-refractivity contribution in [3.63, 3.8) is 0 Å². The molecule has 1 aromatic heterocycles. The molecule has 2 N–H and O–H groups in total. The molecule has 1 aromatic carbocycles. The van der Waals surface area contributed by atoms with Gasteiger partial charge in [0.15, 0.2) is 0 Å². The Hall–Kier alpha value is -2.18. The number of anilines is 2. The zero-order valence-corrected chi connectivity index (χ0v) is 15.0. The van der Waals surface area contributed by atoms with Gasteiger partial charge >= 0.3 is 0 Å². The maximum Gasteiger partial charge on any atom is 0.224 e. The minimum absolute atomic E-state index is 0.203. The summed E-state index contributed by atoms with van der Waals surface area (Å²) in [5.41, 5.74) is 2.27. The quantitative estimate of drug-likeness (QED) is 0.837. The van der Waals surface area contributed by atoms with Crippen LogP contribution in [-0.2, 0) is 6.54 Å². The Balaban J connectivity index is 1.73. The summed E-state index contributed by atoms with van der Waals surface area (Å²) in [4.78, 5) is 13.7. The van der Waals surface area contributed by atoms with Crippen LogP contribution in [-0.4, -0.2) is 59.3 Å². The number of nitrogens with one attached hydrogen (secondary N) is 1. The van der Waals surface area contributed by atoms with E-state index in [4.69, 9.17) is 0 Å². The van der Waals surface area contributed by atoms with Crippen molar-refractivity contribution in [2.75, 3.05) is 43.5 Å². The summed E-state index contributed by atoms with van der Waals surface area (Å²) in [7, 11) is 1.84. The van der Waals surface area contributed by atoms with Gasteiger partial charge in [0.1, 0.15) is 5.82 Å². The molecule has 1 aliphatic heterocycles. The zero-order valence-electron chi connectivity index (χ0n) is 15.0. The highest BCUT2D eigenvalue weighted by Gasteiger charge is 2.27. The number of benzene rings is 1. The normalized spacial score (nSPS) is 18.4. The van der Waals surface area contributed by atoms with Gasteiger partial charge in [-0.3, -0.25) is 4.90 Å². The largest absolute Gasteiger partial charge is 0.396 e. The average Bonchev–Trinajstić information content (AvgIpc) is 2.63. The van der Waals surface area contributed by atoms with E-state index in [1.54, 1.807) is 0 Å². The Kier molecular flexibility index (Phi) is 5.83. The van der Waals surface area contributed by atoms with Crippen LogP contribution in [0.15, 0.2) is 36.4 Å². The molecular weight excluding hydrogens is 314 g/mol. The fourth-order valence-corrected chi connectivity index (χ4v) is 3.38. The molecule has 0 aliphatic carbocycles. The summed E-state index contributed by atoms with van der Waals surface area (Å²) in [6.45, 7) is 5.86. The number of piperazine rings is 1. The summed E-state index contributed by atoms with van der Waals surface area (Å²) >= 11 is 0. The molecule has 134 valence electrons. The molecule has 1 atom stereocenters. The number of hydrogen-bond acceptors (Lipinski definition) is 6. The standard InChI is InChI=1S/C19H27N5O/c1-15-12-18(22-19(20-2)21-15)24-10-9-23(17(14-24)8-11-25)13-16-6-4-3-5-7-16/h3-7,12,17,25H,8-11,13-14H2,1-2H3,(H,20,21,22)/t17-/m0/s1. The summed E-state index contributed by atoms with van der Waals surface area (Å²) < 4.78 is 0. The Morgan fingerprint density at radius 2 is 2.00 bits per heavy atom. The van der Waals surface area contributed by atoms with Crippen molar-refractivity contribution in [3.8, 4) is 0 Å². The molecule has 0 radical (unpaired) electrons. The second-order valence-corrected chi connectivity index (χ2v) is 6.51. The fraction of sp³-hybridized carbons (Fsp3) is 0.474. The van der Waals surface area contributed by atoms with Gasteiger partial charge in [-0.05, 0) is 18.9 Å². The molecule has 0 unspecified atom stereocenters. The fourth-order valence-electron chi connectivity index (χ4n) is 3.38. The lowest BCUT2D eigenvalue weighted by Crippen LogP contribution is -2.53. The monoisotopic (exact) mass is 341 g/mol. The first-order chi connectivity index (χ1) is 12.2. The molecule has 25 heavy (non-hydrogen) atoms. The van der Waals surface area contributed by atoms with E-state index in [9.17, 15) is 5.11 Å². The van der Waals surface area contributed by atoms with Crippen molar-refractivity contribution >= 4 is 11.8 Å². The summed E-state index contributed by atoms with van der Waals surface area (Å²) in [6.07, 6.45) is 0.770. The molecule has 2 heterocycles. The Bertz CT molecular complexity index is 679. The molecule has 0 saturated carbocycles. The van der Waals surface area contributed by atoms with Crippen molar-refractivity contribution < 1.29 is 5.11 Å². The van der Waals surface area contributed by atoms with Gasteiger partial charge in [-0.25, -0.2) is 4.98 Å². The summed E-state index contributed by atoms with van der Waals surface area (Å²) in [5.74, 6) is 1.61. The smallest absolute Gasteiger partial charge is 0.224 e.